The summed E-state index contributed by atoms with van der Waals surface area (Å²) >= 11 is 0. The average molecular weight is 588 g/mol. The van der Waals surface area contributed by atoms with E-state index in [1.807, 2.05) is 85.9 Å². The molecule has 4 N–H and O–H groups in total. The molecule has 0 spiro atoms. The third-order valence-electron chi connectivity index (χ3n) is 7.44. The van der Waals surface area contributed by atoms with Crippen LogP contribution in [0.2, 0.25) is 0 Å². The molecule has 1 saturated heterocycles. The van der Waals surface area contributed by atoms with Gasteiger partial charge in [0.15, 0.2) is 6.29 Å². The summed E-state index contributed by atoms with van der Waals surface area (Å²) in [6, 6.07) is 24.0. The van der Waals surface area contributed by atoms with E-state index in [9.17, 15) is 14.7 Å². The van der Waals surface area contributed by atoms with E-state index in [-0.39, 0.29) is 37.6 Å². The minimum absolute atomic E-state index is 0.00377. The number of ether oxygens (including phenoxy) is 2. The van der Waals surface area contributed by atoms with E-state index in [1.165, 1.54) is 0 Å². The maximum absolute atomic E-state index is 12.1. The molecule has 0 unspecified atom stereocenters. The number of hydroxylamine groups is 1. The topological polar surface area (TPSA) is 120 Å². The smallest absolute Gasteiger partial charge is 0.243 e. The van der Waals surface area contributed by atoms with E-state index in [0.717, 1.165) is 52.9 Å². The number of nitrogens with zero attached hydrogens (tertiary/aromatic N) is 1. The molecule has 43 heavy (non-hydrogen) atoms. The van der Waals surface area contributed by atoms with Crippen molar-refractivity contribution in [1.82, 2.24) is 15.7 Å². The molecule has 9 nitrogen and oxygen atoms in total. The first kappa shape index (κ1) is 32.1. The Hall–Kier alpha value is -3.86. The fourth-order valence-electron chi connectivity index (χ4n) is 5.12. The lowest BCUT2D eigenvalue weighted by atomic mass is 9.99. The van der Waals surface area contributed by atoms with Crippen molar-refractivity contribution in [3.05, 3.63) is 108 Å². The van der Waals surface area contributed by atoms with E-state index >= 15 is 0 Å². The Bertz CT molecular complexity index is 1340. The highest BCUT2D eigenvalue weighted by molar-refractivity contribution is 5.78. The molecular formula is C34H41N3O6. The molecule has 228 valence electrons. The molecule has 1 fully saturated rings. The van der Waals surface area contributed by atoms with Crippen molar-refractivity contribution in [1.29, 1.82) is 0 Å². The van der Waals surface area contributed by atoms with Crippen LogP contribution in [0.5, 0.6) is 0 Å². The van der Waals surface area contributed by atoms with E-state index in [2.05, 4.69) is 16.8 Å². The second-order valence-corrected chi connectivity index (χ2v) is 10.8. The standard InChI is InChI=1S/C34H41N3O6/c1-3-18-37(2)22-30-20-31(27-12-10-24(23-38)11-13-27)43-34(42-30)28-16-14-26(15-17-28)29-7-4-6-25(19-29)21-35-32(39)8-5-9-33(40)36-41/h3-4,6-7,10-17,19,30-31,34,38,41H,1,5,8-9,18,20-23H2,2H3,(H,35,39)(H,36,40)/t30-,31+,34+/m1/s1. The number of carbonyl (C=O) groups is 2. The SMILES string of the molecule is C=CCN(C)C[C@H]1C[C@@H](c2ccc(CO)cc2)O[C@@H](c2ccc(-c3cccc(CNC(=O)CCCC(=O)NO)c3)cc2)O1. The predicted molar refractivity (Wildman–Crippen MR) is 164 cm³/mol. The number of carbonyl (C=O) groups excluding carboxylic acids is 2. The first-order valence-electron chi connectivity index (χ1n) is 14.6. The van der Waals surface area contributed by atoms with Crippen LogP contribution in [0.1, 0.15) is 60.3 Å². The number of benzene rings is 3. The highest BCUT2D eigenvalue weighted by Crippen LogP contribution is 2.38. The van der Waals surface area contributed by atoms with Crippen molar-refractivity contribution < 1.29 is 29.4 Å². The summed E-state index contributed by atoms with van der Waals surface area (Å²) in [5, 5.41) is 20.9. The Morgan fingerprint density at radius 2 is 1.67 bits per heavy atom. The van der Waals surface area contributed by atoms with E-state index in [4.69, 9.17) is 14.7 Å². The van der Waals surface area contributed by atoms with Crippen molar-refractivity contribution in [2.75, 3.05) is 20.1 Å². The normalized spacial score (nSPS) is 18.3. The third kappa shape index (κ3) is 9.57. The van der Waals surface area contributed by atoms with Crippen LogP contribution >= 0.6 is 0 Å². The summed E-state index contributed by atoms with van der Waals surface area (Å²) in [5.41, 5.74) is 7.42. The van der Waals surface area contributed by atoms with Gasteiger partial charge in [-0.2, -0.15) is 0 Å². The number of likely N-dealkylation sites (N-methyl/N-ethyl adjacent to an activating group) is 1. The Balaban J connectivity index is 1.42. The third-order valence-corrected chi connectivity index (χ3v) is 7.44. The molecule has 4 rings (SSSR count). The van der Waals surface area contributed by atoms with Gasteiger partial charge in [0.2, 0.25) is 11.8 Å². The van der Waals surface area contributed by atoms with Crippen LogP contribution in [0.3, 0.4) is 0 Å². The van der Waals surface area contributed by atoms with Crippen LogP contribution in [-0.2, 0) is 32.2 Å². The van der Waals surface area contributed by atoms with Crippen molar-refractivity contribution in [2.24, 2.45) is 0 Å². The molecule has 9 heteroatoms. The highest BCUT2D eigenvalue weighted by atomic mass is 16.7. The monoisotopic (exact) mass is 587 g/mol. The van der Waals surface area contributed by atoms with Crippen molar-refractivity contribution in [3.8, 4) is 11.1 Å². The molecule has 0 aromatic heterocycles. The van der Waals surface area contributed by atoms with Gasteiger partial charge in [-0.05, 0) is 47.4 Å². The van der Waals surface area contributed by atoms with Gasteiger partial charge in [0.05, 0.1) is 18.8 Å². The highest BCUT2D eigenvalue weighted by Gasteiger charge is 2.32. The summed E-state index contributed by atoms with van der Waals surface area (Å²) in [5.74, 6) is -0.651. The Labute approximate surface area is 253 Å². The summed E-state index contributed by atoms with van der Waals surface area (Å²) < 4.78 is 12.9. The number of nitrogens with one attached hydrogen (secondary N) is 2. The zero-order valence-electron chi connectivity index (χ0n) is 24.6. The second kappa shape index (κ2) is 16.1. The quantitative estimate of drug-likeness (QED) is 0.122. The van der Waals surface area contributed by atoms with Gasteiger partial charge in [-0.3, -0.25) is 14.8 Å². The van der Waals surface area contributed by atoms with Crippen LogP contribution < -0.4 is 10.8 Å². The molecule has 0 bridgehead atoms. The van der Waals surface area contributed by atoms with Gasteiger partial charge in [-0.25, -0.2) is 5.48 Å². The zero-order chi connectivity index (χ0) is 30.6. The number of amides is 2. The Morgan fingerprint density at radius 3 is 2.37 bits per heavy atom. The van der Waals surface area contributed by atoms with Gasteiger partial charge in [-0.1, -0.05) is 72.8 Å². The van der Waals surface area contributed by atoms with Crippen LogP contribution in [0, 0.1) is 0 Å². The molecule has 3 aromatic rings. The van der Waals surface area contributed by atoms with Gasteiger partial charge in [0, 0.05) is 44.5 Å². The lowest BCUT2D eigenvalue weighted by Gasteiger charge is -2.37. The molecule has 0 saturated carbocycles. The average Bonchev–Trinajstić information content (AvgIpc) is 3.04. The van der Waals surface area contributed by atoms with Gasteiger partial charge in [0.1, 0.15) is 0 Å². The molecule has 2 amide bonds. The lowest BCUT2D eigenvalue weighted by molar-refractivity contribution is -0.252. The number of hydrogen-bond acceptors (Lipinski definition) is 7. The maximum Gasteiger partial charge on any atom is 0.243 e. The predicted octanol–water partition coefficient (Wildman–Crippen LogP) is 4.80. The minimum Gasteiger partial charge on any atom is -0.392 e. The van der Waals surface area contributed by atoms with Crippen molar-refractivity contribution in [3.63, 3.8) is 0 Å². The van der Waals surface area contributed by atoms with E-state index in [1.54, 1.807) is 5.48 Å². The Morgan fingerprint density at radius 1 is 0.953 bits per heavy atom. The summed E-state index contributed by atoms with van der Waals surface area (Å²) in [6.45, 7) is 5.74. The lowest BCUT2D eigenvalue weighted by Crippen LogP contribution is -2.37. The van der Waals surface area contributed by atoms with Gasteiger partial charge < -0.3 is 24.8 Å². The summed E-state index contributed by atoms with van der Waals surface area (Å²) in [4.78, 5) is 25.4. The molecule has 3 aromatic carbocycles. The van der Waals surface area contributed by atoms with Crippen molar-refractivity contribution >= 4 is 11.8 Å². The maximum atomic E-state index is 12.1. The molecule has 0 radical (unpaired) electrons. The minimum atomic E-state index is -0.530. The van der Waals surface area contributed by atoms with Crippen LogP contribution in [0.4, 0.5) is 0 Å². The van der Waals surface area contributed by atoms with Crippen LogP contribution in [0.25, 0.3) is 11.1 Å². The number of hydrogen-bond donors (Lipinski definition) is 4. The van der Waals surface area contributed by atoms with Crippen molar-refractivity contribution in [2.45, 2.75) is 57.3 Å². The number of aliphatic hydroxyl groups excluding tert-OH is 1. The fourth-order valence-corrected chi connectivity index (χ4v) is 5.12. The van der Waals surface area contributed by atoms with E-state index in [0.29, 0.717) is 13.0 Å². The molecular weight excluding hydrogens is 546 g/mol. The molecule has 1 aliphatic heterocycles. The molecule has 1 heterocycles. The largest absolute Gasteiger partial charge is 0.392 e. The first-order chi connectivity index (χ1) is 20.9. The van der Waals surface area contributed by atoms with Crippen LogP contribution in [-0.4, -0.2) is 53.3 Å². The molecule has 0 aliphatic carbocycles. The van der Waals surface area contributed by atoms with Gasteiger partial charge in [-0.15, -0.1) is 6.58 Å². The first-order valence-corrected chi connectivity index (χ1v) is 14.6. The number of rotatable bonds is 14. The number of aliphatic hydroxyl groups is 1. The zero-order valence-corrected chi connectivity index (χ0v) is 24.6. The fraction of sp³-hybridized carbons (Fsp3) is 0.353. The van der Waals surface area contributed by atoms with Gasteiger partial charge in [0.25, 0.3) is 0 Å². The molecule has 3 atom stereocenters. The summed E-state index contributed by atoms with van der Waals surface area (Å²) in [7, 11) is 2.05. The summed E-state index contributed by atoms with van der Waals surface area (Å²) in [6.07, 6.45) is 2.55. The van der Waals surface area contributed by atoms with Gasteiger partial charge >= 0.3 is 0 Å². The van der Waals surface area contributed by atoms with Crippen LogP contribution in [0.15, 0.2) is 85.5 Å². The Kier molecular flexibility index (Phi) is 12.0. The molecule has 1 aliphatic rings. The van der Waals surface area contributed by atoms with E-state index < -0.39 is 12.2 Å². The second-order valence-electron chi connectivity index (χ2n) is 10.8.